The molecular formula is C18H16ClN3O3. The summed E-state index contributed by atoms with van der Waals surface area (Å²) < 4.78 is 12.8. The van der Waals surface area contributed by atoms with Gasteiger partial charge in [0.25, 0.3) is 0 Å². The van der Waals surface area contributed by atoms with Crippen LogP contribution in [0.2, 0.25) is 5.02 Å². The largest absolute Gasteiger partial charge is 0.486 e. The highest BCUT2D eigenvalue weighted by molar-refractivity contribution is 6.30. The SMILES string of the molecule is Cc1nc([C@@H](O)c2cccc(Cl)c2)n(-c2ccc3c(c2)OCCO3)n1. The summed E-state index contributed by atoms with van der Waals surface area (Å²) in [6.07, 6.45) is -0.951. The number of hydrogen-bond acceptors (Lipinski definition) is 5. The van der Waals surface area contributed by atoms with Crippen molar-refractivity contribution in [1.82, 2.24) is 14.8 Å². The molecule has 0 saturated heterocycles. The molecular weight excluding hydrogens is 342 g/mol. The van der Waals surface area contributed by atoms with E-state index in [1.54, 1.807) is 35.9 Å². The van der Waals surface area contributed by atoms with Crippen molar-refractivity contribution < 1.29 is 14.6 Å². The Bertz CT molecular complexity index is 926. The van der Waals surface area contributed by atoms with E-state index in [1.165, 1.54) is 0 Å². The molecule has 1 aliphatic rings. The molecule has 128 valence electrons. The maximum absolute atomic E-state index is 10.8. The molecule has 0 saturated carbocycles. The quantitative estimate of drug-likeness (QED) is 0.780. The molecule has 0 spiro atoms. The first kappa shape index (κ1) is 15.9. The molecule has 1 aliphatic heterocycles. The summed E-state index contributed by atoms with van der Waals surface area (Å²) in [5.41, 5.74) is 1.39. The summed E-state index contributed by atoms with van der Waals surface area (Å²) in [5, 5.41) is 15.7. The van der Waals surface area contributed by atoms with Crippen LogP contribution in [0.3, 0.4) is 0 Å². The van der Waals surface area contributed by atoms with Gasteiger partial charge in [0.1, 0.15) is 25.1 Å². The molecule has 0 bridgehead atoms. The minimum atomic E-state index is -0.951. The van der Waals surface area contributed by atoms with Gasteiger partial charge in [-0.3, -0.25) is 0 Å². The molecule has 3 aromatic rings. The van der Waals surface area contributed by atoms with Crippen molar-refractivity contribution in [3.05, 3.63) is 64.7 Å². The zero-order valence-electron chi connectivity index (χ0n) is 13.5. The maximum Gasteiger partial charge on any atom is 0.165 e. The Kier molecular flexibility index (Phi) is 4.07. The lowest BCUT2D eigenvalue weighted by molar-refractivity contribution is 0.171. The molecule has 4 rings (SSSR count). The molecule has 25 heavy (non-hydrogen) atoms. The van der Waals surface area contributed by atoms with Gasteiger partial charge < -0.3 is 14.6 Å². The van der Waals surface area contributed by atoms with Gasteiger partial charge in [-0.2, -0.15) is 5.10 Å². The monoisotopic (exact) mass is 357 g/mol. The van der Waals surface area contributed by atoms with Crippen molar-refractivity contribution in [3.8, 4) is 17.2 Å². The van der Waals surface area contributed by atoms with E-state index in [0.717, 1.165) is 5.69 Å². The standard InChI is InChI=1S/C18H16ClN3O3/c1-11-20-18(17(23)12-3-2-4-13(19)9-12)22(21-11)14-5-6-15-16(10-14)25-8-7-24-15/h2-6,9-10,17,23H,7-8H2,1H3/t17-/m0/s1. The first-order valence-electron chi connectivity index (χ1n) is 7.89. The number of fused-ring (bicyclic) bond motifs is 1. The number of nitrogens with zero attached hydrogens (tertiary/aromatic N) is 3. The molecule has 1 atom stereocenters. The molecule has 0 aliphatic carbocycles. The van der Waals surface area contributed by atoms with Gasteiger partial charge in [-0.25, -0.2) is 9.67 Å². The predicted molar refractivity (Wildman–Crippen MR) is 92.6 cm³/mol. The van der Waals surface area contributed by atoms with Crippen LogP contribution in [0.4, 0.5) is 0 Å². The number of aryl methyl sites for hydroxylation is 1. The van der Waals surface area contributed by atoms with E-state index < -0.39 is 6.10 Å². The Labute approximate surface area is 149 Å². The smallest absolute Gasteiger partial charge is 0.165 e. The average Bonchev–Trinajstić information content (AvgIpc) is 3.02. The molecule has 7 heteroatoms. The number of aromatic nitrogens is 3. The second-order valence-electron chi connectivity index (χ2n) is 5.71. The number of aliphatic hydroxyl groups is 1. The van der Waals surface area contributed by atoms with Crippen LogP contribution in [0.15, 0.2) is 42.5 Å². The topological polar surface area (TPSA) is 69.4 Å². The van der Waals surface area contributed by atoms with E-state index in [0.29, 0.717) is 46.9 Å². The van der Waals surface area contributed by atoms with Gasteiger partial charge in [0.05, 0.1) is 5.69 Å². The van der Waals surface area contributed by atoms with E-state index in [-0.39, 0.29) is 0 Å². The second kappa shape index (κ2) is 6.38. The number of halogens is 1. The van der Waals surface area contributed by atoms with Crippen molar-refractivity contribution in [1.29, 1.82) is 0 Å². The summed E-state index contributed by atoms with van der Waals surface area (Å²) in [5.74, 6) is 2.33. The number of ether oxygens (including phenoxy) is 2. The fourth-order valence-electron chi connectivity index (χ4n) is 2.79. The normalized spacial score (nSPS) is 14.4. The van der Waals surface area contributed by atoms with Crippen molar-refractivity contribution in [2.24, 2.45) is 0 Å². The van der Waals surface area contributed by atoms with Gasteiger partial charge in [-0.1, -0.05) is 23.7 Å². The fourth-order valence-corrected chi connectivity index (χ4v) is 2.99. The zero-order chi connectivity index (χ0) is 17.4. The average molecular weight is 358 g/mol. The van der Waals surface area contributed by atoms with E-state index in [4.69, 9.17) is 21.1 Å². The van der Waals surface area contributed by atoms with Crippen LogP contribution in [-0.4, -0.2) is 33.1 Å². The minimum absolute atomic E-state index is 0.413. The summed E-state index contributed by atoms with van der Waals surface area (Å²) in [6.45, 7) is 2.82. The minimum Gasteiger partial charge on any atom is -0.486 e. The Balaban J connectivity index is 1.76. The highest BCUT2D eigenvalue weighted by Crippen LogP contribution is 2.33. The van der Waals surface area contributed by atoms with Gasteiger partial charge >= 0.3 is 0 Å². The van der Waals surface area contributed by atoms with Crippen LogP contribution >= 0.6 is 11.6 Å². The molecule has 0 radical (unpaired) electrons. The molecule has 1 aromatic heterocycles. The summed E-state index contributed by atoms with van der Waals surface area (Å²) in [6, 6.07) is 12.6. The lowest BCUT2D eigenvalue weighted by atomic mass is 10.1. The van der Waals surface area contributed by atoms with Crippen LogP contribution in [0, 0.1) is 6.92 Å². The van der Waals surface area contributed by atoms with Gasteiger partial charge in [-0.05, 0) is 36.8 Å². The Morgan fingerprint density at radius 3 is 2.72 bits per heavy atom. The van der Waals surface area contributed by atoms with Crippen molar-refractivity contribution in [2.75, 3.05) is 13.2 Å². The molecule has 2 heterocycles. The number of hydrogen-bond donors (Lipinski definition) is 1. The highest BCUT2D eigenvalue weighted by Gasteiger charge is 2.21. The third-order valence-electron chi connectivity index (χ3n) is 3.92. The first-order chi connectivity index (χ1) is 12.1. The van der Waals surface area contributed by atoms with Gasteiger partial charge in [-0.15, -0.1) is 0 Å². The first-order valence-corrected chi connectivity index (χ1v) is 8.27. The summed E-state index contributed by atoms with van der Waals surface area (Å²) >= 11 is 6.03. The van der Waals surface area contributed by atoms with Crippen molar-refractivity contribution in [2.45, 2.75) is 13.0 Å². The Hall–Kier alpha value is -2.57. The van der Waals surface area contributed by atoms with E-state index in [2.05, 4.69) is 10.1 Å². The predicted octanol–water partition coefficient (Wildman–Crippen LogP) is 3.08. The lowest BCUT2D eigenvalue weighted by Crippen LogP contribution is -2.16. The molecule has 0 fully saturated rings. The van der Waals surface area contributed by atoms with Gasteiger partial charge in [0, 0.05) is 11.1 Å². The molecule has 1 N–H and O–H groups in total. The van der Waals surface area contributed by atoms with Crippen LogP contribution in [0.1, 0.15) is 23.3 Å². The molecule has 6 nitrogen and oxygen atoms in total. The lowest BCUT2D eigenvalue weighted by Gasteiger charge is -2.19. The molecule has 2 aromatic carbocycles. The van der Waals surface area contributed by atoms with E-state index in [1.807, 2.05) is 18.2 Å². The second-order valence-corrected chi connectivity index (χ2v) is 6.15. The van der Waals surface area contributed by atoms with Gasteiger partial charge in [0.2, 0.25) is 0 Å². The zero-order valence-corrected chi connectivity index (χ0v) is 14.3. The van der Waals surface area contributed by atoms with Crippen LogP contribution < -0.4 is 9.47 Å². The maximum atomic E-state index is 10.8. The number of rotatable bonds is 3. The highest BCUT2D eigenvalue weighted by atomic mass is 35.5. The van der Waals surface area contributed by atoms with E-state index >= 15 is 0 Å². The van der Waals surface area contributed by atoms with Crippen molar-refractivity contribution >= 4 is 11.6 Å². The van der Waals surface area contributed by atoms with Crippen molar-refractivity contribution in [3.63, 3.8) is 0 Å². The third kappa shape index (κ3) is 3.06. The number of benzene rings is 2. The van der Waals surface area contributed by atoms with Crippen LogP contribution in [0.25, 0.3) is 5.69 Å². The fraction of sp³-hybridized carbons (Fsp3) is 0.222. The summed E-state index contributed by atoms with van der Waals surface area (Å²) in [4.78, 5) is 4.39. The van der Waals surface area contributed by atoms with Crippen LogP contribution in [0.5, 0.6) is 11.5 Å². The van der Waals surface area contributed by atoms with E-state index in [9.17, 15) is 5.11 Å². The summed E-state index contributed by atoms with van der Waals surface area (Å²) in [7, 11) is 0. The Morgan fingerprint density at radius 1 is 1.12 bits per heavy atom. The van der Waals surface area contributed by atoms with Gasteiger partial charge in [0.15, 0.2) is 17.3 Å². The molecule has 0 amide bonds. The third-order valence-corrected chi connectivity index (χ3v) is 4.15. The number of aliphatic hydroxyl groups excluding tert-OH is 1. The molecule has 0 unspecified atom stereocenters. The Morgan fingerprint density at radius 2 is 1.92 bits per heavy atom. The van der Waals surface area contributed by atoms with Crippen LogP contribution in [-0.2, 0) is 0 Å².